The second-order valence-corrected chi connectivity index (χ2v) is 9.04. The molecule has 3 rings (SSSR count). The molecule has 0 aliphatic carbocycles. The number of rotatable bonds is 0. The van der Waals surface area contributed by atoms with Gasteiger partial charge in [0, 0.05) is 13.1 Å². The number of carbonyl (C=O) groups excluding carboxylic acids is 2. The highest BCUT2D eigenvalue weighted by atomic mass is 16.6. The van der Waals surface area contributed by atoms with E-state index >= 15 is 0 Å². The van der Waals surface area contributed by atoms with Crippen molar-refractivity contribution in [1.82, 2.24) is 9.80 Å². The maximum atomic E-state index is 13.3. The molecule has 5 heteroatoms. The molecule has 5 nitrogen and oxygen atoms in total. The number of nitrogens with zero attached hydrogens (tertiary/aromatic N) is 2. The third-order valence-electron chi connectivity index (χ3n) is 5.61. The van der Waals surface area contributed by atoms with E-state index in [1.54, 1.807) is 4.90 Å². The first-order valence-corrected chi connectivity index (χ1v) is 9.33. The summed E-state index contributed by atoms with van der Waals surface area (Å²) < 4.78 is 5.59. The van der Waals surface area contributed by atoms with Gasteiger partial charge in [-0.15, -0.1) is 0 Å². The van der Waals surface area contributed by atoms with Gasteiger partial charge in [0.15, 0.2) is 0 Å². The second kappa shape index (κ2) is 6.00. The first-order valence-electron chi connectivity index (χ1n) is 9.33. The Balaban J connectivity index is 2.00. The molecule has 2 heterocycles. The average molecular weight is 358 g/mol. The number of piperazine rings is 1. The van der Waals surface area contributed by atoms with E-state index in [0.29, 0.717) is 13.1 Å². The number of aryl methyl sites for hydroxylation is 1. The Morgan fingerprint density at radius 1 is 1.23 bits per heavy atom. The van der Waals surface area contributed by atoms with Crippen LogP contribution < -0.4 is 0 Å². The lowest BCUT2D eigenvalue weighted by atomic mass is 9.91. The largest absolute Gasteiger partial charge is 0.444 e. The van der Waals surface area contributed by atoms with E-state index in [2.05, 4.69) is 26.0 Å². The highest BCUT2D eigenvalue weighted by Gasteiger charge is 2.50. The Labute approximate surface area is 156 Å². The van der Waals surface area contributed by atoms with Crippen molar-refractivity contribution in [1.29, 1.82) is 0 Å². The minimum Gasteiger partial charge on any atom is -0.444 e. The highest BCUT2D eigenvalue weighted by Crippen LogP contribution is 2.38. The van der Waals surface area contributed by atoms with Crippen LogP contribution in [0, 0.1) is 13.8 Å². The van der Waals surface area contributed by atoms with Crippen LogP contribution in [0.4, 0.5) is 4.79 Å². The predicted molar refractivity (Wildman–Crippen MR) is 101 cm³/mol. The molecule has 2 amide bonds. The molecule has 1 fully saturated rings. The van der Waals surface area contributed by atoms with Crippen molar-refractivity contribution in [2.75, 3.05) is 13.1 Å². The minimum atomic E-state index is -0.917. The van der Waals surface area contributed by atoms with Crippen LogP contribution in [0.5, 0.6) is 0 Å². The molecular formula is C21H30N2O3. The standard InChI is InChI=1S/C21H30N2O3/c1-13-10-16-11-15(14(13)2)8-9-22-17(16)12-23(21(6,7)18(22)24)19(25)26-20(3,4)5/h10-11,17H,8-9,12H2,1-7H3. The summed E-state index contributed by atoms with van der Waals surface area (Å²) in [6, 6.07) is 4.23. The van der Waals surface area contributed by atoms with Gasteiger partial charge >= 0.3 is 6.09 Å². The highest BCUT2D eigenvalue weighted by molar-refractivity contribution is 5.91. The fourth-order valence-electron chi connectivity index (χ4n) is 3.93. The fourth-order valence-corrected chi connectivity index (χ4v) is 3.93. The van der Waals surface area contributed by atoms with E-state index in [-0.39, 0.29) is 11.9 Å². The fraction of sp³-hybridized carbons (Fsp3) is 0.619. The normalized spacial score (nSPS) is 22.0. The smallest absolute Gasteiger partial charge is 0.411 e. The van der Waals surface area contributed by atoms with Gasteiger partial charge in [-0.3, -0.25) is 9.69 Å². The molecule has 0 aromatic heterocycles. The molecule has 26 heavy (non-hydrogen) atoms. The molecular weight excluding hydrogens is 328 g/mol. The SMILES string of the molecule is Cc1cc2cc(c1C)CCN1C(=O)C(C)(C)N(C(=O)OC(C)(C)C)CC21. The molecule has 1 aromatic rings. The zero-order chi connectivity index (χ0) is 19.4. The lowest BCUT2D eigenvalue weighted by Crippen LogP contribution is -2.65. The van der Waals surface area contributed by atoms with E-state index < -0.39 is 17.2 Å². The van der Waals surface area contributed by atoms with E-state index in [4.69, 9.17) is 4.74 Å². The van der Waals surface area contributed by atoms with Gasteiger partial charge in [-0.05, 0) is 77.1 Å². The molecule has 0 spiro atoms. The summed E-state index contributed by atoms with van der Waals surface area (Å²) in [4.78, 5) is 29.6. The number of hydrogen-bond donors (Lipinski definition) is 0. The van der Waals surface area contributed by atoms with Crippen molar-refractivity contribution in [3.05, 3.63) is 34.4 Å². The third-order valence-corrected chi connectivity index (χ3v) is 5.61. The Hall–Kier alpha value is -2.04. The van der Waals surface area contributed by atoms with Gasteiger partial charge in [-0.2, -0.15) is 0 Å². The molecule has 0 N–H and O–H groups in total. The lowest BCUT2D eigenvalue weighted by molar-refractivity contribution is -0.153. The zero-order valence-electron chi connectivity index (χ0n) is 17.0. The quantitative estimate of drug-likeness (QED) is 0.709. The molecule has 142 valence electrons. The Bertz CT molecular complexity index is 761. The average Bonchev–Trinajstić information content (AvgIpc) is 2.65. The molecule has 1 saturated heterocycles. The van der Waals surface area contributed by atoms with E-state index in [1.165, 1.54) is 16.7 Å². The van der Waals surface area contributed by atoms with Gasteiger partial charge in [-0.25, -0.2) is 4.79 Å². The molecule has 2 aliphatic heterocycles. The molecule has 1 atom stereocenters. The Kier molecular flexibility index (Phi) is 4.32. The summed E-state index contributed by atoms with van der Waals surface area (Å²) in [5.74, 6) is -0.0163. The van der Waals surface area contributed by atoms with Crippen LogP contribution in [-0.4, -0.2) is 46.0 Å². The maximum Gasteiger partial charge on any atom is 0.411 e. The van der Waals surface area contributed by atoms with Gasteiger partial charge in [0.05, 0.1) is 6.04 Å². The Morgan fingerprint density at radius 2 is 1.88 bits per heavy atom. The summed E-state index contributed by atoms with van der Waals surface area (Å²) in [6.45, 7) is 14.5. The zero-order valence-corrected chi connectivity index (χ0v) is 17.0. The summed E-state index contributed by atoms with van der Waals surface area (Å²) >= 11 is 0. The number of ether oxygens (including phenoxy) is 1. The molecule has 1 aromatic carbocycles. The van der Waals surface area contributed by atoms with Crippen molar-refractivity contribution in [3.8, 4) is 0 Å². The first-order chi connectivity index (χ1) is 11.9. The van der Waals surface area contributed by atoms with Gasteiger partial charge in [-0.1, -0.05) is 12.1 Å². The van der Waals surface area contributed by atoms with Crippen LogP contribution in [0.3, 0.4) is 0 Å². The van der Waals surface area contributed by atoms with Crippen LogP contribution in [0.1, 0.15) is 62.9 Å². The van der Waals surface area contributed by atoms with Gasteiger partial charge in [0.25, 0.3) is 0 Å². The number of fused-ring (bicyclic) bond motifs is 4. The summed E-state index contributed by atoms with van der Waals surface area (Å²) in [5, 5.41) is 0. The summed E-state index contributed by atoms with van der Waals surface area (Å²) in [5.41, 5.74) is 3.43. The van der Waals surface area contributed by atoms with Crippen LogP contribution in [-0.2, 0) is 16.0 Å². The van der Waals surface area contributed by atoms with E-state index in [0.717, 1.165) is 12.0 Å². The van der Waals surface area contributed by atoms with E-state index in [9.17, 15) is 9.59 Å². The number of amides is 2. The molecule has 2 bridgehead atoms. The summed E-state index contributed by atoms with van der Waals surface area (Å²) in [7, 11) is 0. The second-order valence-electron chi connectivity index (χ2n) is 9.04. The van der Waals surface area contributed by atoms with Crippen molar-refractivity contribution in [2.45, 2.75) is 72.1 Å². The maximum absolute atomic E-state index is 13.3. The van der Waals surface area contributed by atoms with Gasteiger partial charge < -0.3 is 9.64 Å². The van der Waals surface area contributed by atoms with Gasteiger partial charge in [0.2, 0.25) is 5.91 Å². The van der Waals surface area contributed by atoms with Crippen LogP contribution in [0.25, 0.3) is 0 Å². The van der Waals surface area contributed by atoms with Crippen LogP contribution >= 0.6 is 0 Å². The number of hydrogen-bond acceptors (Lipinski definition) is 3. The number of benzene rings is 1. The van der Waals surface area contributed by atoms with Crippen LogP contribution in [0.2, 0.25) is 0 Å². The lowest BCUT2D eigenvalue weighted by Gasteiger charge is -2.49. The topological polar surface area (TPSA) is 49.9 Å². The van der Waals surface area contributed by atoms with Gasteiger partial charge in [0.1, 0.15) is 11.1 Å². The van der Waals surface area contributed by atoms with Crippen molar-refractivity contribution in [3.63, 3.8) is 0 Å². The summed E-state index contributed by atoms with van der Waals surface area (Å²) in [6.07, 6.45) is 0.425. The molecule has 0 radical (unpaired) electrons. The number of carbonyl (C=O) groups is 2. The third kappa shape index (κ3) is 3.08. The minimum absolute atomic E-state index is 0.0163. The predicted octanol–water partition coefficient (Wildman–Crippen LogP) is 3.76. The molecule has 1 unspecified atom stereocenters. The van der Waals surface area contributed by atoms with E-state index in [1.807, 2.05) is 39.5 Å². The van der Waals surface area contributed by atoms with Crippen molar-refractivity contribution >= 4 is 12.0 Å². The van der Waals surface area contributed by atoms with Crippen LogP contribution in [0.15, 0.2) is 12.1 Å². The molecule has 0 saturated carbocycles. The first kappa shape index (κ1) is 18.7. The van der Waals surface area contributed by atoms with Crippen molar-refractivity contribution in [2.24, 2.45) is 0 Å². The molecule has 2 aliphatic rings. The monoisotopic (exact) mass is 358 g/mol. The Morgan fingerprint density at radius 3 is 2.50 bits per heavy atom. The van der Waals surface area contributed by atoms with Crippen molar-refractivity contribution < 1.29 is 14.3 Å².